The second kappa shape index (κ2) is 8.43. The van der Waals surface area contributed by atoms with Gasteiger partial charge < -0.3 is 9.47 Å². The Balaban J connectivity index is 1.60. The van der Waals surface area contributed by atoms with Crippen LogP contribution in [0.15, 0.2) is 48.8 Å². The van der Waals surface area contributed by atoms with Gasteiger partial charge in [0.15, 0.2) is 9.84 Å². The zero-order chi connectivity index (χ0) is 24.0. The van der Waals surface area contributed by atoms with Gasteiger partial charge in [-0.15, -0.1) is 0 Å². The van der Waals surface area contributed by atoms with Gasteiger partial charge in [0, 0.05) is 28.9 Å². The molecular weight excluding hydrogens is 461 g/mol. The lowest BCUT2D eigenvalue weighted by molar-refractivity contribution is 0.175. The van der Waals surface area contributed by atoms with Crippen LogP contribution in [0.5, 0.6) is 11.5 Å². The monoisotopic (exact) mass is 485 g/mol. The van der Waals surface area contributed by atoms with E-state index in [-0.39, 0.29) is 29.4 Å². The van der Waals surface area contributed by atoms with Crippen molar-refractivity contribution in [3.63, 3.8) is 0 Å². The zero-order valence-electron chi connectivity index (χ0n) is 18.8. The fourth-order valence-corrected chi connectivity index (χ4v) is 5.89. The number of sulfone groups is 1. The number of anilines is 1. The van der Waals surface area contributed by atoms with Crippen molar-refractivity contribution in [3.8, 4) is 22.6 Å². The van der Waals surface area contributed by atoms with Gasteiger partial charge in [0.2, 0.25) is 0 Å². The Labute approximate surface area is 196 Å². The SMILES string of the molecule is COC(=O)N1c2ccc(-c3cnn(C4CS(=O)(=O)C4)c3)c(Oc3ccc(F)cc3)c2CC[C@@H]1C. The fraction of sp³-hybridized carbons (Fsp3) is 0.333. The van der Waals surface area contributed by atoms with Crippen LogP contribution in [-0.2, 0) is 21.0 Å². The normalized spacial score (nSPS) is 19.3. The Bertz CT molecular complexity index is 1340. The van der Waals surface area contributed by atoms with Crippen molar-refractivity contribution >= 4 is 21.6 Å². The van der Waals surface area contributed by atoms with E-state index in [1.165, 1.54) is 19.2 Å². The number of hydrogen-bond acceptors (Lipinski definition) is 6. The van der Waals surface area contributed by atoms with Crippen molar-refractivity contribution in [2.75, 3.05) is 23.5 Å². The molecule has 5 rings (SSSR count). The van der Waals surface area contributed by atoms with Gasteiger partial charge in [-0.2, -0.15) is 5.10 Å². The molecule has 0 unspecified atom stereocenters. The lowest BCUT2D eigenvalue weighted by Crippen LogP contribution is -2.42. The van der Waals surface area contributed by atoms with Crippen molar-refractivity contribution in [1.82, 2.24) is 9.78 Å². The fourth-order valence-electron chi connectivity index (χ4n) is 4.51. The molecule has 1 fully saturated rings. The summed E-state index contributed by atoms with van der Waals surface area (Å²) in [7, 11) is -1.64. The van der Waals surface area contributed by atoms with E-state index in [2.05, 4.69) is 5.10 Å². The number of benzene rings is 2. The molecule has 0 aliphatic carbocycles. The minimum Gasteiger partial charge on any atom is -0.456 e. The van der Waals surface area contributed by atoms with Crippen molar-refractivity contribution < 1.29 is 27.1 Å². The van der Waals surface area contributed by atoms with E-state index >= 15 is 0 Å². The topological polar surface area (TPSA) is 90.7 Å². The summed E-state index contributed by atoms with van der Waals surface area (Å²) in [6.45, 7) is 1.96. The number of carbonyl (C=O) groups excluding carboxylic acids is 1. The summed E-state index contributed by atoms with van der Waals surface area (Å²) in [6, 6.07) is 9.21. The molecule has 1 atom stereocenters. The lowest BCUT2D eigenvalue weighted by Gasteiger charge is -2.35. The van der Waals surface area contributed by atoms with Gasteiger partial charge in [0.25, 0.3) is 0 Å². The molecule has 0 radical (unpaired) electrons. The highest BCUT2D eigenvalue weighted by Gasteiger charge is 2.36. The lowest BCUT2D eigenvalue weighted by atomic mass is 9.92. The summed E-state index contributed by atoms with van der Waals surface area (Å²) < 4.78 is 49.6. The maximum atomic E-state index is 13.5. The van der Waals surface area contributed by atoms with Crippen LogP contribution in [0.25, 0.3) is 11.1 Å². The van der Waals surface area contributed by atoms with E-state index in [0.717, 1.165) is 16.7 Å². The van der Waals surface area contributed by atoms with E-state index in [4.69, 9.17) is 9.47 Å². The summed E-state index contributed by atoms with van der Waals surface area (Å²) >= 11 is 0. The first-order valence-corrected chi connectivity index (χ1v) is 12.8. The molecule has 178 valence electrons. The average molecular weight is 486 g/mol. The van der Waals surface area contributed by atoms with Gasteiger partial charge in [0.05, 0.1) is 36.5 Å². The van der Waals surface area contributed by atoms with Gasteiger partial charge in [-0.25, -0.2) is 17.6 Å². The number of rotatable bonds is 4. The molecule has 3 heterocycles. The predicted octanol–water partition coefficient (Wildman–Crippen LogP) is 4.36. The van der Waals surface area contributed by atoms with Gasteiger partial charge in [-0.05, 0) is 56.2 Å². The third-order valence-electron chi connectivity index (χ3n) is 6.33. The average Bonchev–Trinajstić information content (AvgIpc) is 3.28. The summed E-state index contributed by atoms with van der Waals surface area (Å²) in [5, 5.41) is 4.38. The van der Waals surface area contributed by atoms with Crippen molar-refractivity contribution in [2.24, 2.45) is 0 Å². The van der Waals surface area contributed by atoms with Gasteiger partial charge in [0.1, 0.15) is 17.3 Å². The third kappa shape index (κ3) is 4.02. The molecular formula is C24H24FN3O5S. The first-order valence-electron chi connectivity index (χ1n) is 11.0. The van der Waals surface area contributed by atoms with Crippen LogP contribution in [-0.4, -0.2) is 48.9 Å². The highest BCUT2D eigenvalue weighted by Crippen LogP contribution is 2.45. The molecule has 10 heteroatoms. The van der Waals surface area contributed by atoms with Crippen LogP contribution >= 0.6 is 0 Å². The van der Waals surface area contributed by atoms with Crippen LogP contribution in [0.3, 0.4) is 0 Å². The van der Waals surface area contributed by atoms with E-state index in [0.29, 0.717) is 30.0 Å². The second-order valence-electron chi connectivity index (χ2n) is 8.66. The molecule has 8 nitrogen and oxygen atoms in total. The van der Waals surface area contributed by atoms with Crippen LogP contribution in [0, 0.1) is 5.82 Å². The van der Waals surface area contributed by atoms with Crippen molar-refractivity contribution in [3.05, 3.63) is 60.2 Å². The van der Waals surface area contributed by atoms with E-state index < -0.39 is 15.9 Å². The standard InChI is InChI=1S/C24H24FN3O5S/c1-15-3-8-21-22(28(15)24(29)32-2)10-9-20(23(21)33-19-6-4-17(25)5-7-19)16-11-26-27(12-16)18-13-34(30,31)14-18/h4-7,9-12,15,18H,3,8,13-14H2,1-2H3/t15-/m0/s1. The Morgan fingerprint density at radius 2 is 1.88 bits per heavy atom. The minimum atomic E-state index is -2.99. The van der Waals surface area contributed by atoms with Crippen molar-refractivity contribution in [1.29, 1.82) is 0 Å². The van der Waals surface area contributed by atoms with Crippen LogP contribution in [0.4, 0.5) is 14.9 Å². The summed E-state index contributed by atoms with van der Waals surface area (Å²) in [6.07, 6.45) is 4.41. The molecule has 2 aliphatic rings. The van der Waals surface area contributed by atoms with E-state index in [1.807, 2.05) is 25.3 Å². The van der Waals surface area contributed by atoms with E-state index in [9.17, 15) is 17.6 Å². The number of carbonyl (C=O) groups is 1. The number of amides is 1. The molecule has 34 heavy (non-hydrogen) atoms. The van der Waals surface area contributed by atoms with Crippen LogP contribution in [0.2, 0.25) is 0 Å². The van der Waals surface area contributed by atoms with Gasteiger partial charge in [-0.3, -0.25) is 9.58 Å². The summed E-state index contributed by atoms with van der Waals surface area (Å²) in [5.41, 5.74) is 3.04. The number of aromatic nitrogens is 2. The van der Waals surface area contributed by atoms with Crippen molar-refractivity contribution in [2.45, 2.75) is 31.8 Å². The molecule has 1 saturated heterocycles. The maximum Gasteiger partial charge on any atom is 0.414 e. The number of nitrogens with zero attached hydrogens (tertiary/aromatic N) is 3. The third-order valence-corrected chi connectivity index (χ3v) is 8.12. The molecule has 0 spiro atoms. The van der Waals surface area contributed by atoms with Gasteiger partial charge in [-0.1, -0.05) is 0 Å². The van der Waals surface area contributed by atoms with E-state index in [1.54, 1.807) is 27.9 Å². The van der Waals surface area contributed by atoms with Crippen LogP contribution < -0.4 is 9.64 Å². The Hall–Kier alpha value is -3.40. The smallest absolute Gasteiger partial charge is 0.414 e. The van der Waals surface area contributed by atoms with Gasteiger partial charge >= 0.3 is 6.09 Å². The number of methoxy groups -OCH3 is 1. The van der Waals surface area contributed by atoms with Crippen LogP contribution in [0.1, 0.15) is 24.9 Å². The molecule has 0 saturated carbocycles. The number of fused-ring (bicyclic) bond motifs is 1. The number of hydrogen-bond donors (Lipinski definition) is 0. The predicted molar refractivity (Wildman–Crippen MR) is 124 cm³/mol. The molecule has 3 aromatic rings. The quantitative estimate of drug-likeness (QED) is 0.546. The Kier molecular flexibility index (Phi) is 5.55. The molecule has 0 bridgehead atoms. The Morgan fingerprint density at radius 3 is 2.56 bits per heavy atom. The largest absolute Gasteiger partial charge is 0.456 e. The summed E-state index contributed by atoms with van der Waals surface area (Å²) in [4.78, 5) is 14.1. The highest BCUT2D eigenvalue weighted by atomic mass is 32.2. The molecule has 0 N–H and O–H groups in total. The minimum absolute atomic E-state index is 0.0483. The zero-order valence-corrected chi connectivity index (χ0v) is 19.6. The molecule has 2 aliphatic heterocycles. The molecule has 1 aromatic heterocycles. The Morgan fingerprint density at radius 1 is 1.15 bits per heavy atom. The molecule has 2 aromatic carbocycles. The number of halogens is 1. The summed E-state index contributed by atoms with van der Waals surface area (Å²) in [5.74, 6) is 0.777. The maximum absolute atomic E-state index is 13.5. The first-order chi connectivity index (χ1) is 16.3. The second-order valence-corrected chi connectivity index (χ2v) is 10.8. The number of ether oxygens (including phenoxy) is 2. The molecule has 1 amide bonds. The highest BCUT2D eigenvalue weighted by molar-refractivity contribution is 7.92. The first kappa shape index (κ1) is 22.4.